The van der Waals surface area contributed by atoms with Gasteiger partial charge in [-0.15, -0.1) is 5.10 Å². The van der Waals surface area contributed by atoms with Crippen LogP contribution < -0.4 is 14.8 Å². The van der Waals surface area contributed by atoms with Crippen molar-refractivity contribution in [2.75, 3.05) is 12.4 Å². The lowest BCUT2D eigenvalue weighted by atomic mass is 10.3. The van der Waals surface area contributed by atoms with Crippen LogP contribution in [0.1, 0.15) is 16.4 Å². The van der Waals surface area contributed by atoms with Gasteiger partial charge in [-0.2, -0.15) is 8.78 Å². The van der Waals surface area contributed by atoms with Gasteiger partial charge in [-0.05, 0) is 43.3 Å². The zero-order valence-electron chi connectivity index (χ0n) is 14.5. The molecule has 0 aliphatic rings. The number of amides is 1. The largest absolute Gasteiger partial charge is 0.497 e. The van der Waals surface area contributed by atoms with E-state index in [2.05, 4.69) is 20.1 Å². The van der Waals surface area contributed by atoms with Crippen molar-refractivity contribution in [3.05, 3.63) is 60.2 Å². The summed E-state index contributed by atoms with van der Waals surface area (Å²) >= 11 is 0. The van der Waals surface area contributed by atoms with Gasteiger partial charge in [0.15, 0.2) is 0 Å². The maximum absolute atomic E-state index is 12.4. The van der Waals surface area contributed by atoms with E-state index in [0.717, 1.165) is 0 Å². The molecule has 0 radical (unpaired) electrons. The molecule has 9 heteroatoms. The van der Waals surface area contributed by atoms with Gasteiger partial charge in [-0.25, -0.2) is 9.67 Å². The molecule has 27 heavy (non-hydrogen) atoms. The third-order valence-corrected chi connectivity index (χ3v) is 3.61. The molecule has 0 aliphatic heterocycles. The van der Waals surface area contributed by atoms with E-state index in [9.17, 15) is 13.6 Å². The van der Waals surface area contributed by atoms with Crippen molar-refractivity contribution >= 4 is 11.6 Å². The Hall–Kier alpha value is -3.49. The topological polar surface area (TPSA) is 78.3 Å². The first-order valence-electron chi connectivity index (χ1n) is 7.90. The van der Waals surface area contributed by atoms with Crippen LogP contribution in [0.3, 0.4) is 0 Å². The molecule has 7 nitrogen and oxygen atoms in total. The molecule has 0 atom stereocenters. The van der Waals surface area contributed by atoms with Crippen LogP contribution in [0.2, 0.25) is 0 Å². The third kappa shape index (κ3) is 4.38. The molecule has 0 saturated heterocycles. The van der Waals surface area contributed by atoms with E-state index < -0.39 is 12.5 Å². The van der Waals surface area contributed by atoms with Crippen molar-refractivity contribution in [2.45, 2.75) is 13.5 Å². The molecule has 0 fully saturated rings. The molecule has 0 saturated carbocycles. The predicted molar refractivity (Wildman–Crippen MR) is 93.7 cm³/mol. The number of rotatable bonds is 6. The Morgan fingerprint density at radius 1 is 1.15 bits per heavy atom. The molecule has 1 amide bonds. The van der Waals surface area contributed by atoms with Crippen LogP contribution in [-0.2, 0) is 0 Å². The standard InChI is InChI=1S/C18H16F2N4O3/c1-11-21-16(17(25)22-12-4-3-5-15(10-12)26-2)23-24(11)13-6-8-14(9-7-13)27-18(19)20/h3-10,18H,1-2H3,(H,22,25). The summed E-state index contributed by atoms with van der Waals surface area (Å²) < 4.78 is 35.3. The van der Waals surface area contributed by atoms with E-state index >= 15 is 0 Å². The predicted octanol–water partition coefficient (Wildman–Crippen LogP) is 3.44. The quantitative estimate of drug-likeness (QED) is 0.715. The molecule has 0 unspecified atom stereocenters. The lowest BCUT2D eigenvalue weighted by Gasteiger charge is -2.06. The average molecular weight is 374 g/mol. The van der Waals surface area contributed by atoms with E-state index in [-0.39, 0.29) is 11.6 Å². The summed E-state index contributed by atoms with van der Waals surface area (Å²) in [5, 5.41) is 6.88. The molecule has 2 aromatic carbocycles. The van der Waals surface area contributed by atoms with E-state index in [4.69, 9.17) is 4.74 Å². The fourth-order valence-corrected chi connectivity index (χ4v) is 2.39. The summed E-state index contributed by atoms with van der Waals surface area (Å²) in [7, 11) is 1.53. The Bertz CT molecular complexity index is 942. The van der Waals surface area contributed by atoms with Gasteiger partial charge in [-0.1, -0.05) is 6.07 Å². The number of anilines is 1. The van der Waals surface area contributed by atoms with Gasteiger partial charge in [0, 0.05) is 11.8 Å². The van der Waals surface area contributed by atoms with Crippen LogP contribution in [0.5, 0.6) is 11.5 Å². The normalized spacial score (nSPS) is 10.7. The van der Waals surface area contributed by atoms with Gasteiger partial charge < -0.3 is 14.8 Å². The summed E-state index contributed by atoms with van der Waals surface area (Å²) in [6.07, 6.45) is 0. The molecule has 1 heterocycles. The van der Waals surface area contributed by atoms with Crippen molar-refractivity contribution in [3.8, 4) is 17.2 Å². The Labute approximate surface area is 153 Å². The van der Waals surface area contributed by atoms with Crippen molar-refractivity contribution in [1.29, 1.82) is 0 Å². The van der Waals surface area contributed by atoms with Crippen molar-refractivity contribution in [1.82, 2.24) is 14.8 Å². The van der Waals surface area contributed by atoms with Gasteiger partial charge in [-0.3, -0.25) is 4.79 Å². The summed E-state index contributed by atoms with van der Waals surface area (Å²) in [4.78, 5) is 16.5. The highest BCUT2D eigenvalue weighted by atomic mass is 19.3. The number of nitrogens with zero attached hydrogens (tertiary/aromatic N) is 3. The first kappa shape index (κ1) is 18.3. The maximum atomic E-state index is 12.4. The van der Waals surface area contributed by atoms with Gasteiger partial charge >= 0.3 is 6.61 Å². The molecule has 1 N–H and O–H groups in total. The number of nitrogens with one attached hydrogen (secondary N) is 1. The van der Waals surface area contributed by atoms with Crippen LogP contribution >= 0.6 is 0 Å². The molecular weight excluding hydrogens is 358 g/mol. The number of ether oxygens (including phenoxy) is 2. The fourth-order valence-electron chi connectivity index (χ4n) is 2.39. The highest BCUT2D eigenvalue weighted by Gasteiger charge is 2.16. The number of aryl methyl sites for hydroxylation is 1. The molecule has 0 bridgehead atoms. The minimum Gasteiger partial charge on any atom is -0.497 e. The fraction of sp³-hybridized carbons (Fsp3) is 0.167. The minimum absolute atomic E-state index is 0.0248. The van der Waals surface area contributed by atoms with Gasteiger partial charge in [0.2, 0.25) is 5.82 Å². The second-order valence-corrected chi connectivity index (χ2v) is 5.45. The number of carbonyl (C=O) groups excluding carboxylic acids is 1. The van der Waals surface area contributed by atoms with Crippen LogP contribution in [0.15, 0.2) is 48.5 Å². The zero-order chi connectivity index (χ0) is 19.4. The summed E-state index contributed by atoms with van der Waals surface area (Å²) in [5.74, 6) is 0.593. The summed E-state index contributed by atoms with van der Waals surface area (Å²) in [5.41, 5.74) is 1.10. The maximum Gasteiger partial charge on any atom is 0.387 e. The first-order valence-corrected chi connectivity index (χ1v) is 7.90. The molecule has 0 aliphatic carbocycles. The Morgan fingerprint density at radius 3 is 2.56 bits per heavy atom. The molecule has 3 aromatic rings. The molecule has 1 aromatic heterocycles. The number of benzene rings is 2. The number of methoxy groups -OCH3 is 1. The Kier molecular flexibility index (Phi) is 5.30. The van der Waals surface area contributed by atoms with Crippen LogP contribution in [-0.4, -0.2) is 34.4 Å². The van der Waals surface area contributed by atoms with Crippen molar-refractivity contribution in [2.24, 2.45) is 0 Å². The third-order valence-electron chi connectivity index (χ3n) is 3.61. The first-order chi connectivity index (χ1) is 13.0. The molecule has 140 valence electrons. The van der Waals surface area contributed by atoms with Crippen LogP contribution in [0, 0.1) is 6.92 Å². The SMILES string of the molecule is COc1cccc(NC(=O)c2nc(C)n(-c3ccc(OC(F)F)cc3)n2)c1. The van der Waals surface area contributed by atoms with Crippen LogP contribution in [0.25, 0.3) is 5.69 Å². The molecule has 3 rings (SSSR count). The number of alkyl halides is 2. The van der Waals surface area contributed by atoms with Crippen molar-refractivity contribution < 1.29 is 23.0 Å². The molecule has 0 spiro atoms. The molecular formula is C18H16F2N4O3. The van der Waals surface area contributed by atoms with Crippen molar-refractivity contribution in [3.63, 3.8) is 0 Å². The smallest absolute Gasteiger partial charge is 0.387 e. The lowest BCUT2D eigenvalue weighted by Crippen LogP contribution is -2.14. The number of carbonyl (C=O) groups is 1. The second-order valence-electron chi connectivity index (χ2n) is 5.45. The van der Waals surface area contributed by atoms with Crippen LogP contribution in [0.4, 0.5) is 14.5 Å². The number of halogens is 2. The lowest BCUT2D eigenvalue weighted by molar-refractivity contribution is -0.0498. The highest BCUT2D eigenvalue weighted by Crippen LogP contribution is 2.19. The van der Waals surface area contributed by atoms with E-state index in [1.807, 2.05) is 0 Å². The van der Waals surface area contributed by atoms with E-state index in [1.165, 1.54) is 23.9 Å². The average Bonchev–Trinajstić information content (AvgIpc) is 3.04. The van der Waals surface area contributed by atoms with Gasteiger partial charge in [0.25, 0.3) is 5.91 Å². The monoisotopic (exact) mass is 374 g/mol. The zero-order valence-corrected chi connectivity index (χ0v) is 14.5. The van der Waals surface area contributed by atoms with E-state index in [0.29, 0.717) is 22.9 Å². The van der Waals surface area contributed by atoms with E-state index in [1.54, 1.807) is 43.3 Å². The second kappa shape index (κ2) is 7.81. The Balaban J connectivity index is 1.78. The highest BCUT2D eigenvalue weighted by molar-refractivity contribution is 6.01. The number of hydrogen-bond acceptors (Lipinski definition) is 5. The summed E-state index contributed by atoms with van der Waals surface area (Å²) in [6, 6.07) is 12.8. The number of aromatic nitrogens is 3. The Morgan fingerprint density at radius 2 is 1.89 bits per heavy atom. The number of hydrogen-bond donors (Lipinski definition) is 1. The van der Waals surface area contributed by atoms with Gasteiger partial charge in [0.1, 0.15) is 17.3 Å². The van der Waals surface area contributed by atoms with Gasteiger partial charge in [0.05, 0.1) is 12.8 Å². The minimum atomic E-state index is -2.89. The summed E-state index contributed by atoms with van der Waals surface area (Å²) in [6.45, 7) is -1.21.